The molecule has 2 heterocycles. The number of benzene rings is 3. The Bertz CT molecular complexity index is 1400. The number of amides is 2. The zero-order valence-electron chi connectivity index (χ0n) is 18.5. The molecule has 7 nitrogen and oxygen atoms in total. The summed E-state index contributed by atoms with van der Waals surface area (Å²) in [6, 6.07) is 15.1. The molecule has 3 aromatic carbocycles. The predicted molar refractivity (Wildman–Crippen MR) is 128 cm³/mol. The van der Waals surface area contributed by atoms with Crippen LogP contribution in [0.2, 0.25) is 0 Å². The second kappa shape index (κ2) is 7.97. The third-order valence-electron chi connectivity index (χ3n) is 6.56. The number of rotatable bonds is 5. The van der Waals surface area contributed by atoms with Crippen molar-refractivity contribution in [1.82, 2.24) is 4.31 Å². The van der Waals surface area contributed by atoms with Gasteiger partial charge in [0.05, 0.1) is 10.6 Å². The Morgan fingerprint density at radius 2 is 1.88 bits per heavy atom. The third-order valence-corrected chi connectivity index (χ3v) is 8.52. The van der Waals surface area contributed by atoms with Crippen molar-refractivity contribution in [2.24, 2.45) is 0 Å². The first kappa shape index (κ1) is 21.6. The number of carbonyl (C=O) groups excluding carboxylic acids is 2. The van der Waals surface area contributed by atoms with Crippen LogP contribution in [0.5, 0.6) is 0 Å². The average molecular weight is 464 g/mol. The molecule has 2 aliphatic rings. The maximum atomic E-state index is 13.8. The third kappa shape index (κ3) is 3.32. The smallest absolute Gasteiger partial charge is 0.258 e. The topological polar surface area (TPSA) is 86.8 Å². The van der Waals surface area contributed by atoms with E-state index in [1.807, 2.05) is 32.0 Å². The van der Waals surface area contributed by atoms with Crippen LogP contribution in [0.15, 0.2) is 59.5 Å². The van der Waals surface area contributed by atoms with Gasteiger partial charge in [-0.3, -0.25) is 9.59 Å². The summed E-state index contributed by atoms with van der Waals surface area (Å²) in [5.41, 5.74) is 2.82. The van der Waals surface area contributed by atoms with Crippen LogP contribution in [0.25, 0.3) is 10.8 Å². The van der Waals surface area contributed by atoms with Gasteiger partial charge in [0.25, 0.3) is 5.91 Å². The van der Waals surface area contributed by atoms with Gasteiger partial charge in [-0.15, -0.1) is 0 Å². The summed E-state index contributed by atoms with van der Waals surface area (Å²) in [6.45, 7) is 4.56. The summed E-state index contributed by atoms with van der Waals surface area (Å²) < 4.78 is 28.9. The van der Waals surface area contributed by atoms with E-state index in [9.17, 15) is 18.0 Å². The van der Waals surface area contributed by atoms with E-state index in [1.165, 1.54) is 4.31 Å². The summed E-state index contributed by atoms with van der Waals surface area (Å²) in [4.78, 5) is 27.7. The molecular formula is C25H25N3O4S. The predicted octanol–water partition coefficient (Wildman–Crippen LogP) is 3.92. The standard InChI is InChI=1S/C25H25N3O4S/c1-3-27-20-13-14-22(17-9-6-10-18(23(17)20)25(27)30)33(31,32)28-15-7-12-21(28)24(29)26-19-11-5-4-8-16(19)2/h4-6,8-11,13-14,21H,3,7,12,15H2,1-2H3,(H,26,29)/t21-/m1/s1. The van der Waals surface area contributed by atoms with E-state index in [2.05, 4.69) is 5.32 Å². The van der Waals surface area contributed by atoms with Gasteiger partial charge < -0.3 is 10.2 Å². The number of aryl methyl sites for hydroxylation is 1. The Kier molecular flexibility index (Phi) is 5.22. The fourth-order valence-corrected chi connectivity index (χ4v) is 6.75. The minimum Gasteiger partial charge on any atom is -0.324 e. The van der Waals surface area contributed by atoms with Gasteiger partial charge in [0, 0.05) is 35.1 Å². The van der Waals surface area contributed by atoms with E-state index in [0.717, 1.165) is 11.3 Å². The van der Waals surface area contributed by atoms with Crippen LogP contribution >= 0.6 is 0 Å². The molecule has 1 N–H and O–H groups in total. The van der Waals surface area contributed by atoms with E-state index in [-0.39, 0.29) is 23.3 Å². The molecule has 0 unspecified atom stereocenters. The molecule has 1 fully saturated rings. The molecule has 3 aromatic rings. The van der Waals surface area contributed by atoms with Gasteiger partial charge in [0.15, 0.2) is 0 Å². The monoisotopic (exact) mass is 463 g/mol. The van der Waals surface area contributed by atoms with Gasteiger partial charge >= 0.3 is 0 Å². The lowest BCUT2D eigenvalue weighted by Crippen LogP contribution is -2.43. The molecule has 5 rings (SSSR count). The van der Waals surface area contributed by atoms with Crippen LogP contribution in [0.4, 0.5) is 11.4 Å². The fraction of sp³-hybridized carbons (Fsp3) is 0.280. The van der Waals surface area contributed by atoms with Gasteiger partial charge in [0.1, 0.15) is 6.04 Å². The zero-order chi connectivity index (χ0) is 23.3. The minimum absolute atomic E-state index is 0.121. The Balaban J connectivity index is 1.54. The van der Waals surface area contributed by atoms with Crippen molar-refractivity contribution in [2.45, 2.75) is 37.6 Å². The van der Waals surface area contributed by atoms with Crippen molar-refractivity contribution in [3.05, 3.63) is 65.7 Å². The van der Waals surface area contributed by atoms with Gasteiger partial charge in [-0.05, 0) is 56.5 Å². The number of carbonyl (C=O) groups is 2. The lowest BCUT2D eigenvalue weighted by atomic mass is 10.1. The molecule has 0 saturated carbocycles. The first-order valence-corrected chi connectivity index (χ1v) is 12.5. The average Bonchev–Trinajstić information content (AvgIpc) is 3.41. The maximum Gasteiger partial charge on any atom is 0.258 e. The lowest BCUT2D eigenvalue weighted by Gasteiger charge is -2.24. The molecule has 1 atom stereocenters. The number of hydrogen-bond donors (Lipinski definition) is 1. The van der Waals surface area contributed by atoms with E-state index >= 15 is 0 Å². The number of sulfonamides is 1. The molecule has 0 bridgehead atoms. The molecule has 0 aromatic heterocycles. The maximum absolute atomic E-state index is 13.8. The zero-order valence-corrected chi connectivity index (χ0v) is 19.4. The molecular weight excluding hydrogens is 438 g/mol. The second-order valence-electron chi connectivity index (χ2n) is 8.44. The van der Waals surface area contributed by atoms with Crippen molar-refractivity contribution in [1.29, 1.82) is 0 Å². The Morgan fingerprint density at radius 3 is 2.64 bits per heavy atom. The molecule has 1 saturated heterocycles. The summed E-state index contributed by atoms with van der Waals surface area (Å²) in [5.74, 6) is -0.451. The van der Waals surface area contributed by atoms with Gasteiger partial charge in [-0.25, -0.2) is 8.42 Å². The Hall–Kier alpha value is -3.23. The van der Waals surface area contributed by atoms with E-state index in [4.69, 9.17) is 0 Å². The molecule has 8 heteroatoms. The highest BCUT2D eigenvalue weighted by molar-refractivity contribution is 7.89. The van der Waals surface area contributed by atoms with E-state index < -0.39 is 16.1 Å². The molecule has 2 aliphatic heterocycles. The highest BCUT2D eigenvalue weighted by Crippen LogP contribution is 2.41. The number of anilines is 2. The first-order valence-electron chi connectivity index (χ1n) is 11.1. The SMILES string of the molecule is CCN1C(=O)c2cccc3c(S(=O)(=O)N4CCC[C@@H]4C(=O)Nc4ccccc4C)ccc1c23. The fourth-order valence-electron chi connectivity index (χ4n) is 4.90. The Morgan fingerprint density at radius 1 is 1.09 bits per heavy atom. The quantitative estimate of drug-likeness (QED) is 0.621. The first-order chi connectivity index (χ1) is 15.8. The van der Waals surface area contributed by atoms with Crippen LogP contribution in [0.1, 0.15) is 35.7 Å². The molecule has 170 valence electrons. The van der Waals surface area contributed by atoms with Crippen molar-refractivity contribution in [2.75, 3.05) is 23.3 Å². The Labute approximate surface area is 193 Å². The number of nitrogens with one attached hydrogen (secondary N) is 1. The summed E-state index contributed by atoms with van der Waals surface area (Å²) >= 11 is 0. The van der Waals surface area contributed by atoms with Crippen LogP contribution in [-0.4, -0.2) is 43.7 Å². The molecule has 2 amide bonds. The van der Waals surface area contributed by atoms with Crippen LogP contribution in [0, 0.1) is 6.92 Å². The normalized spacial score (nSPS) is 18.3. The molecule has 0 spiro atoms. The van der Waals surface area contributed by atoms with Crippen molar-refractivity contribution in [3.8, 4) is 0 Å². The highest BCUT2D eigenvalue weighted by atomic mass is 32.2. The number of hydrogen-bond acceptors (Lipinski definition) is 4. The van der Waals surface area contributed by atoms with Crippen molar-refractivity contribution >= 4 is 44.0 Å². The highest BCUT2D eigenvalue weighted by Gasteiger charge is 2.41. The van der Waals surface area contributed by atoms with Gasteiger partial charge in [-0.2, -0.15) is 4.31 Å². The van der Waals surface area contributed by atoms with Crippen LogP contribution in [0.3, 0.4) is 0 Å². The summed E-state index contributed by atoms with van der Waals surface area (Å²) in [5, 5.41) is 4.07. The molecule has 0 aliphatic carbocycles. The van der Waals surface area contributed by atoms with Crippen molar-refractivity contribution in [3.63, 3.8) is 0 Å². The van der Waals surface area contributed by atoms with Crippen molar-refractivity contribution < 1.29 is 18.0 Å². The second-order valence-corrected chi connectivity index (χ2v) is 10.3. The summed E-state index contributed by atoms with van der Waals surface area (Å²) in [7, 11) is -3.97. The van der Waals surface area contributed by atoms with Gasteiger partial charge in [0.2, 0.25) is 15.9 Å². The minimum atomic E-state index is -3.97. The molecule has 33 heavy (non-hydrogen) atoms. The van der Waals surface area contributed by atoms with Crippen LogP contribution < -0.4 is 10.2 Å². The number of nitrogens with zero attached hydrogens (tertiary/aromatic N) is 2. The van der Waals surface area contributed by atoms with Crippen LogP contribution in [-0.2, 0) is 14.8 Å². The van der Waals surface area contributed by atoms with Gasteiger partial charge in [-0.1, -0.05) is 30.3 Å². The lowest BCUT2D eigenvalue weighted by molar-refractivity contribution is -0.119. The number of para-hydroxylation sites is 1. The van der Waals surface area contributed by atoms with E-state index in [1.54, 1.807) is 41.3 Å². The molecule has 0 radical (unpaired) electrons. The van der Waals surface area contributed by atoms with E-state index in [0.29, 0.717) is 41.4 Å². The summed E-state index contributed by atoms with van der Waals surface area (Å²) in [6.07, 6.45) is 1.06. The largest absolute Gasteiger partial charge is 0.324 e.